The van der Waals surface area contributed by atoms with Crippen molar-refractivity contribution in [2.45, 2.75) is 26.1 Å². The maximum atomic E-state index is 5.74. The summed E-state index contributed by atoms with van der Waals surface area (Å²) in [5.74, 6) is 1.12. The van der Waals surface area contributed by atoms with Crippen molar-refractivity contribution in [3.63, 3.8) is 0 Å². The Morgan fingerprint density at radius 1 is 1.22 bits per heavy atom. The van der Waals surface area contributed by atoms with Crippen LogP contribution in [0.1, 0.15) is 22.5 Å². The molecule has 1 aromatic carbocycles. The van der Waals surface area contributed by atoms with Crippen molar-refractivity contribution in [3.8, 4) is 0 Å². The van der Waals surface area contributed by atoms with Gasteiger partial charge in [0.05, 0.1) is 6.26 Å². The molecule has 0 fully saturated rings. The lowest BCUT2D eigenvalue weighted by Crippen LogP contribution is -2.30. The minimum absolute atomic E-state index is 0.567. The minimum Gasteiger partial charge on any atom is -0.469 e. The first-order valence-corrected chi connectivity index (χ1v) is 6.41. The van der Waals surface area contributed by atoms with Gasteiger partial charge >= 0.3 is 0 Å². The van der Waals surface area contributed by atoms with Crippen LogP contribution in [0.3, 0.4) is 0 Å². The predicted molar refractivity (Wildman–Crippen MR) is 70.9 cm³/mol. The number of benzene rings is 1. The van der Waals surface area contributed by atoms with E-state index in [1.807, 2.05) is 6.26 Å². The van der Waals surface area contributed by atoms with E-state index in [1.165, 1.54) is 11.1 Å². The van der Waals surface area contributed by atoms with Crippen molar-refractivity contribution in [1.82, 2.24) is 4.90 Å². The van der Waals surface area contributed by atoms with Crippen molar-refractivity contribution in [2.24, 2.45) is 5.73 Å². The summed E-state index contributed by atoms with van der Waals surface area (Å²) in [5, 5.41) is 0. The Bertz CT molecular complexity index is 505. The molecule has 0 atom stereocenters. The van der Waals surface area contributed by atoms with Gasteiger partial charge in [-0.15, -0.1) is 0 Å². The second-order valence-corrected chi connectivity index (χ2v) is 4.81. The van der Waals surface area contributed by atoms with Crippen LogP contribution in [-0.2, 0) is 26.1 Å². The molecule has 3 nitrogen and oxygen atoms in total. The first-order valence-electron chi connectivity index (χ1n) is 6.41. The molecule has 0 saturated carbocycles. The first kappa shape index (κ1) is 11.5. The van der Waals surface area contributed by atoms with Gasteiger partial charge < -0.3 is 10.2 Å². The zero-order valence-electron chi connectivity index (χ0n) is 10.4. The molecule has 0 saturated heterocycles. The van der Waals surface area contributed by atoms with Gasteiger partial charge in [-0.1, -0.05) is 30.3 Å². The second-order valence-electron chi connectivity index (χ2n) is 4.81. The third-order valence-corrected chi connectivity index (χ3v) is 3.57. The van der Waals surface area contributed by atoms with Gasteiger partial charge in [-0.3, -0.25) is 4.90 Å². The van der Waals surface area contributed by atoms with Gasteiger partial charge in [-0.05, 0) is 5.56 Å². The Morgan fingerprint density at radius 3 is 2.83 bits per heavy atom. The molecule has 3 rings (SSSR count). The molecule has 0 unspecified atom stereocenters. The average Bonchev–Trinajstić information content (AvgIpc) is 2.82. The van der Waals surface area contributed by atoms with Crippen molar-refractivity contribution in [3.05, 3.63) is 59.0 Å². The van der Waals surface area contributed by atoms with Crippen LogP contribution in [0.5, 0.6) is 0 Å². The molecular formula is C15H18N2O. The molecule has 0 radical (unpaired) electrons. The van der Waals surface area contributed by atoms with Crippen LogP contribution in [0, 0.1) is 0 Å². The highest BCUT2D eigenvalue weighted by atomic mass is 16.3. The van der Waals surface area contributed by atoms with E-state index in [0.717, 1.165) is 37.4 Å². The van der Waals surface area contributed by atoms with Gasteiger partial charge in [0, 0.05) is 43.7 Å². The molecule has 94 valence electrons. The van der Waals surface area contributed by atoms with Gasteiger partial charge in [0.2, 0.25) is 0 Å². The van der Waals surface area contributed by atoms with Crippen LogP contribution in [0.25, 0.3) is 0 Å². The number of nitrogens with zero attached hydrogens (tertiary/aromatic N) is 1. The third kappa shape index (κ3) is 2.19. The van der Waals surface area contributed by atoms with E-state index in [2.05, 4.69) is 35.2 Å². The lowest BCUT2D eigenvalue weighted by molar-refractivity contribution is 0.233. The quantitative estimate of drug-likeness (QED) is 0.898. The highest BCUT2D eigenvalue weighted by Gasteiger charge is 2.21. The minimum atomic E-state index is 0.567. The SMILES string of the molecule is NCc1coc2c1CN(Cc1ccccc1)CC2. The summed E-state index contributed by atoms with van der Waals surface area (Å²) < 4.78 is 5.57. The van der Waals surface area contributed by atoms with Crippen molar-refractivity contribution in [1.29, 1.82) is 0 Å². The molecule has 2 aromatic rings. The highest BCUT2D eigenvalue weighted by molar-refractivity contribution is 5.30. The Hall–Kier alpha value is -1.58. The molecule has 1 aliphatic heterocycles. The molecule has 0 aliphatic carbocycles. The summed E-state index contributed by atoms with van der Waals surface area (Å²) in [7, 11) is 0. The summed E-state index contributed by atoms with van der Waals surface area (Å²) in [5.41, 5.74) is 9.56. The molecule has 0 bridgehead atoms. The van der Waals surface area contributed by atoms with Crippen molar-refractivity contribution in [2.75, 3.05) is 6.54 Å². The maximum absolute atomic E-state index is 5.74. The normalized spacial score (nSPS) is 15.6. The summed E-state index contributed by atoms with van der Waals surface area (Å²) >= 11 is 0. The number of hydrogen-bond donors (Lipinski definition) is 1. The topological polar surface area (TPSA) is 42.4 Å². The number of nitrogens with two attached hydrogens (primary N) is 1. The van der Waals surface area contributed by atoms with E-state index in [4.69, 9.17) is 10.2 Å². The Kier molecular flexibility index (Phi) is 3.17. The van der Waals surface area contributed by atoms with Crippen LogP contribution < -0.4 is 5.73 Å². The largest absolute Gasteiger partial charge is 0.469 e. The maximum Gasteiger partial charge on any atom is 0.109 e. The van der Waals surface area contributed by atoms with Crippen LogP contribution in [0.15, 0.2) is 41.0 Å². The summed E-state index contributed by atoms with van der Waals surface area (Å²) in [6.45, 7) is 3.57. The van der Waals surface area contributed by atoms with E-state index in [9.17, 15) is 0 Å². The smallest absolute Gasteiger partial charge is 0.109 e. The first-order chi connectivity index (χ1) is 8.86. The molecule has 0 amide bonds. The van der Waals surface area contributed by atoms with E-state index < -0.39 is 0 Å². The van der Waals surface area contributed by atoms with Crippen molar-refractivity contribution >= 4 is 0 Å². The highest BCUT2D eigenvalue weighted by Crippen LogP contribution is 2.25. The van der Waals surface area contributed by atoms with E-state index in [0.29, 0.717) is 6.54 Å². The van der Waals surface area contributed by atoms with E-state index in [1.54, 1.807) is 0 Å². The molecule has 1 aliphatic rings. The van der Waals surface area contributed by atoms with Crippen LogP contribution in [0.4, 0.5) is 0 Å². The van der Waals surface area contributed by atoms with Crippen molar-refractivity contribution < 1.29 is 4.42 Å². The van der Waals surface area contributed by atoms with Gasteiger partial charge in [0.1, 0.15) is 5.76 Å². The van der Waals surface area contributed by atoms with Crippen LogP contribution >= 0.6 is 0 Å². The van der Waals surface area contributed by atoms with Crippen LogP contribution in [-0.4, -0.2) is 11.4 Å². The molecule has 18 heavy (non-hydrogen) atoms. The summed E-state index contributed by atoms with van der Waals surface area (Å²) in [6, 6.07) is 10.6. The Morgan fingerprint density at radius 2 is 2.06 bits per heavy atom. The molecule has 2 N–H and O–H groups in total. The molecule has 1 aromatic heterocycles. The molecule has 3 heteroatoms. The third-order valence-electron chi connectivity index (χ3n) is 3.57. The average molecular weight is 242 g/mol. The predicted octanol–water partition coefficient (Wildman–Crippen LogP) is 2.30. The van der Waals surface area contributed by atoms with Gasteiger partial charge in [-0.2, -0.15) is 0 Å². The van der Waals surface area contributed by atoms with Gasteiger partial charge in [-0.25, -0.2) is 0 Å². The van der Waals surface area contributed by atoms with E-state index in [-0.39, 0.29) is 0 Å². The monoisotopic (exact) mass is 242 g/mol. The summed E-state index contributed by atoms with van der Waals surface area (Å²) in [6.07, 6.45) is 2.80. The fourth-order valence-corrected chi connectivity index (χ4v) is 2.57. The van der Waals surface area contributed by atoms with Crippen LogP contribution in [0.2, 0.25) is 0 Å². The number of fused-ring (bicyclic) bond motifs is 1. The summed E-state index contributed by atoms with van der Waals surface area (Å²) in [4.78, 5) is 2.45. The molecule has 2 heterocycles. The fraction of sp³-hybridized carbons (Fsp3) is 0.333. The second kappa shape index (κ2) is 4.96. The standard InChI is InChI=1S/C15H18N2O/c16-8-13-11-18-15-6-7-17(10-14(13)15)9-12-4-2-1-3-5-12/h1-5,11H,6-10,16H2. The van der Waals surface area contributed by atoms with Gasteiger partial charge in [0.15, 0.2) is 0 Å². The number of hydrogen-bond acceptors (Lipinski definition) is 3. The van der Waals surface area contributed by atoms with E-state index >= 15 is 0 Å². The van der Waals surface area contributed by atoms with Gasteiger partial charge in [0.25, 0.3) is 0 Å². The zero-order valence-corrected chi connectivity index (χ0v) is 10.4. The molecular weight excluding hydrogens is 224 g/mol. The Labute approximate surface area is 107 Å². The Balaban J connectivity index is 1.74. The zero-order chi connectivity index (χ0) is 12.4. The lowest BCUT2D eigenvalue weighted by Gasteiger charge is -2.26. The fourth-order valence-electron chi connectivity index (χ4n) is 2.57. The number of furan rings is 1. The molecule has 0 spiro atoms. The number of rotatable bonds is 3. The lowest BCUT2D eigenvalue weighted by atomic mass is 10.0.